The Balaban J connectivity index is 1.12. The number of benzene rings is 1. The van der Waals surface area contributed by atoms with Crippen molar-refractivity contribution in [3.63, 3.8) is 0 Å². The second kappa shape index (κ2) is 8.03. The Hall–Kier alpha value is -2.68. The van der Waals surface area contributed by atoms with Crippen LogP contribution >= 0.6 is 0 Å². The van der Waals surface area contributed by atoms with Crippen LogP contribution in [0.5, 0.6) is 0 Å². The number of hydrogen-bond acceptors (Lipinski definition) is 6. The van der Waals surface area contributed by atoms with E-state index in [0.717, 1.165) is 51.9 Å². The molecule has 3 amide bonds. The minimum absolute atomic E-state index is 0.0643. The molecule has 0 radical (unpaired) electrons. The maximum absolute atomic E-state index is 14.9. The zero-order valence-electron chi connectivity index (χ0n) is 18.1. The first-order chi connectivity index (χ1) is 15.3. The molecule has 4 fully saturated rings. The summed E-state index contributed by atoms with van der Waals surface area (Å²) in [5.74, 6) is -1.05. The number of primary amides is 1. The van der Waals surface area contributed by atoms with Crippen molar-refractivity contribution >= 4 is 29.1 Å². The summed E-state index contributed by atoms with van der Waals surface area (Å²) in [4.78, 5) is 39.1. The zero-order valence-corrected chi connectivity index (χ0v) is 18.1. The number of amides is 3. The normalized spacial score (nSPS) is 26.4. The third kappa shape index (κ3) is 3.94. The minimum atomic E-state index is -0.526. The van der Waals surface area contributed by atoms with E-state index in [1.54, 1.807) is 12.1 Å². The third-order valence-electron chi connectivity index (χ3n) is 7.69. The Morgan fingerprint density at radius 2 is 1.88 bits per heavy atom. The minimum Gasteiger partial charge on any atom is -0.374 e. The van der Waals surface area contributed by atoms with Crippen LogP contribution in [-0.2, 0) is 14.4 Å². The molecular weight excluding hydrogens is 413 g/mol. The van der Waals surface area contributed by atoms with E-state index < -0.39 is 6.04 Å². The lowest BCUT2D eigenvalue weighted by Crippen LogP contribution is -2.66. The van der Waals surface area contributed by atoms with E-state index in [1.807, 2.05) is 0 Å². The van der Waals surface area contributed by atoms with Crippen LogP contribution in [0.1, 0.15) is 38.5 Å². The van der Waals surface area contributed by atoms with Crippen LogP contribution in [0.2, 0.25) is 0 Å². The second-order valence-corrected chi connectivity index (χ2v) is 9.94. The summed E-state index contributed by atoms with van der Waals surface area (Å²) in [6.45, 7) is 3.71. The predicted molar refractivity (Wildman–Crippen MR) is 117 cm³/mol. The van der Waals surface area contributed by atoms with Crippen molar-refractivity contribution < 1.29 is 18.8 Å². The molecule has 1 atom stereocenters. The standard InChI is InChI=1S/C23H30FN5O3/c24-17-9-15(26-18-2-4-20(30)27-22(18)32)1-3-19(17)28-7-5-16(6-8-28)29-12-23(13-29)10-14(11-23)21(25)31/h1,3,9,14,16,18,26H,2,4-8,10-13H2,(H2,25,31)(H,27,30,32). The van der Waals surface area contributed by atoms with Crippen LogP contribution in [-0.4, -0.2) is 60.9 Å². The van der Waals surface area contributed by atoms with E-state index in [9.17, 15) is 18.8 Å². The van der Waals surface area contributed by atoms with Crippen molar-refractivity contribution in [2.45, 2.75) is 50.6 Å². The van der Waals surface area contributed by atoms with E-state index >= 15 is 0 Å². The first-order valence-corrected chi connectivity index (χ1v) is 11.5. The summed E-state index contributed by atoms with van der Waals surface area (Å²) in [5, 5.41) is 5.33. The van der Waals surface area contributed by atoms with Crippen LogP contribution in [0.25, 0.3) is 0 Å². The summed E-state index contributed by atoms with van der Waals surface area (Å²) < 4.78 is 14.9. The van der Waals surface area contributed by atoms with Gasteiger partial charge in [0.05, 0.1) is 5.69 Å². The van der Waals surface area contributed by atoms with Crippen molar-refractivity contribution in [3.8, 4) is 0 Å². The Morgan fingerprint density at radius 3 is 2.50 bits per heavy atom. The van der Waals surface area contributed by atoms with E-state index in [4.69, 9.17) is 5.73 Å². The van der Waals surface area contributed by atoms with Crippen molar-refractivity contribution in [1.82, 2.24) is 10.2 Å². The van der Waals surface area contributed by atoms with Crippen LogP contribution in [0.4, 0.5) is 15.8 Å². The van der Waals surface area contributed by atoms with Crippen LogP contribution in [0, 0.1) is 17.2 Å². The first-order valence-electron chi connectivity index (χ1n) is 11.5. The number of carbonyl (C=O) groups excluding carboxylic acids is 3. The average molecular weight is 444 g/mol. The van der Waals surface area contributed by atoms with Gasteiger partial charge in [-0.3, -0.25) is 24.6 Å². The van der Waals surface area contributed by atoms with Gasteiger partial charge in [-0.25, -0.2) is 4.39 Å². The SMILES string of the molecule is NC(=O)C1CC2(C1)CN(C1CCN(c3ccc(NC4CCC(=O)NC4=O)cc3F)CC1)C2. The summed E-state index contributed by atoms with van der Waals surface area (Å²) >= 11 is 0. The van der Waals surface area contributed by atoms with Gasteiger partial charge in [-0.05, 0) is 55.7 Å². The molecule has 4 N–H and O–H groups in total. The molecule has 1 aromatic rings. The molecule has 1 unspecified atom stereocenters. The van der Waals surface area contributed by atoms with Crippen molar-refractivity contribution in [2.75, 3.05) is 36.4 Å². The number of hydrogen-bond donors (Lipinski definition) is 3. The number of nitrogens with zero attached hydrogens (tertiary/aromatic N) is 2. The quantitative estimate of drug-likeness (QED) is 0.591. The third-order valence-corrected chi connectivity index (χ3v) is 7.69. The van der Waals surface area contributed by atoms with Gasteiger partial charge < -0.3 is 16.0 Å². The second-order valence-electron chi connectivity index (χ2n) is 9.94. The number of likely N-dealkylation sites (tertiary alicyclic amines) is 1. The molecule has 1 spiro atoms. The molecule has 3 aliphatic heterocycles. The average Bonchev–Trinajstić information content (AvgIpc) is 2.69. The molecule has 1 aromatic carbocycles. The van der Waals surface area contributed by atoms with Gasteiger partial charge in [0.15, 0.2) is 0 Å². The van der Waals surface area contributed by atoms with Gasteiger partial charge >= 0.3 is 0 Å². The molecule has 8 nitrogen and oxygen atoms in total. The number of anilines is 2. The van der Waals surface area contributed by atoms with Crippen LogP contribution < -0.4 is 21.3 Å². The number of rotatable bonds is 5. The number of halogens is 1. The molecule has 3 heterocycles. The lowest BCUT2D eigenvalue weighted by Gasteiger charge is -2.61. The topological polar surface area (TPSA) is 108 Å². The molecule has 0 bridgehead atoms. The fraction of sp³-hybridized carbons (Fsp3) is 0.609. The smallest absolute Gasteiger partial charge is 0.249 e. The Labute approximate surface area is 186 Å². The molecule has 32 heavy (non-hydrogen) atoms. The Kier molecular flexibility index (Phi) is 5.31. The number of nitrogens with one attached hydrogen (secondary N) is 2. The molecule has 1 saturated carbocycles. The maximum atomic E-state index is 14.9. The van der Waals surface area contributed by atoms with Gasteiger partial charge in [-0.15, -0.1) is 0 Å². The molecular formula is C23H30FN5O3. The molecule has 4 aliphatic rings. The van der Waals surface area contributed by atoms with E-state index in [0.29, 0.717) is 29.3 Å². The highest BCUT2D eigenvalue weighted by atomic mass is 19.1. The molecule has 172 valence electrons. The van der Waals surface area contributed by atoms with E-state index in [-0.39, 0.29) is 35.9 Å². The number of piperidine rings is 2. The molecule has 3 saturated heterocycles. The fourth-order valence-corrected chi connectivity index (χ4v) is 5.88. The van der Waals surface area contributed by atoms with Crippen LogP contribution in [0.3, 0.4) is 0 Å². The fourth-order valence-electron chi connectivity index (χ4n) is 5.88. The molecule has 9 heteroatoms. The molecule has 1 aliphatic carbocycles. The van der Waals surface area contributed by atoms with Crippen LogP contribution in [0.15, 0.2) is 18.2 Å². The van der Waals surface area contributed by atoms with Crippen molar-refractivity contribution in [1.29, 1.82) is 0 Å². The monoisotopic (exact) mass is 443 g/mol. The molecule has 5 rings (SSSR count). The van der Waals surface area contributed by atoms with E-state index in [1.165, 1.54) is 6.07 Å². The van der Waals surface area contributed by atoms with Gasteiger partial charge in [0.1, 0.15) is 11.9 Å². The first kappa shape index (κ1) is 21.2. The Morgan fingerprint density at radius 1 is 1.16 bits per heavy atom. The van der Waals surface area contributed by atoms with Crippen molar-refractivity contribution in [3.05, 3.63) is 24.0 Å². The summed E-state index contributed by atoms with van der Waals surface area (Å²) in [7, 11) is 0. The van der Waals surface area contributed by atoms with Gasteiger partial charge in [-0.2, -0.15) is 0 Å². The number of carbonyl (C=O) groups is 3. The number of imide groups is 1. The highest BCUT2D eigenvalue weighted by molar-refractivity contribution is 6.01. The lowest BCUT2D eigenvalue weighted by molar-refractivity contribution is -0.146. The largest absolute Gasteiger partial charge is 0.374 e. The lowest BCUT2D eigenvalue weighted by atomic mass is 9.57. The highest BCUT2D eigenvalue weighted by Gasteiger charge is 2.55. The van der Waals surface area contributed by atoms with Gasteiger partial charge in [0.25, 0.3) is 0 Å². The molecule has 0 aromatic heterocycles. The number of nitrogens with two attached hydrogens (primary N) is 1. The van der Waals surface area contributed by atoms with E-state index in [2.05, 4.69) is 20.4 Å². The summed E-state index contributed by atoms with van der Waals surface area (Å²) in [5.41, 5.74) is 6.84. The van der Waals surface area contributed by atoms with Gasteiger partial charge in [0, 0.05) is 50.2 Å². The zero-order chi connectivity index (χ0) is 22.5. The summed E-state index contributed by atoms with van der Waals surface area (Å²) in [6.07, 6.45) is 4.53. The van der Waals surface area contributed by atoms with Gasteiger partial charge in [0.2, 0.25) is 17.7 Å². The highest BCUT2D eigenvalue weighted by Crippen LogP contribution is 2.52. The van der Waals surface area contributed by atoms with Gasteiger partial charge in [-0.1, -0.05) is 0 Å². The maximum Gasteiger partial charge on any atom is 0.249 e. The predicted octanol–water partition coefficient (Wildman–Crippen LogP) is 1.21. The summed E-state index contributed by atoms with van der Waals surface area (Å²) in [6, 6.07) is 4.97. The van der Waals surface area contributed by atoms with Crippen molar-refractivity contribution in [2.24, 2.45) is 17.1 Å². The Bertz CT molecular complexity index is 932.